The topological polar surface area (TPSA) is 55.1 Å². The van der Waals surface area contributed by atoms with Crippen LogP contribution in [0.15, 0.2) is 18.2 Å². The molecule has 1 aromatic carbocycles. The first-order chi connectivity index (χ1) is 8.00. The number of hydrogen-bond acceptors (Lipinski definition) is 2. The van der Waals surface area contributed by atoms with Gasteiger partial charge in [0.2, 0.25) is 5.91 Å². The van der Waals surface area contributed by atoms with E-state index in [2.05, 4.69) is 5.32 Å². The monoisotopic (exact) mass is 310 g/mol. The van der Waals surface area contributed by atoms with Gasteiger partial charge in [-0.3, -0.25) is 4.79 Å². The zero-order valence-corrected chi connectivity index (χ0v) is 12.4. The molecule has 3 nitrogen and oxygen atoms in total. The molecule has 0 saturated carbocycles. The molecule has 1 unspecified atom stereocenters. The Morgan fingerprint density at radius 3 is 2.72 bits per heavy atom. The Morgan fingerprint density at radius 2 is 2.11 bits per heavy atom. The molecule has 1 amide bonds. The molecular formula is C12H17Cl3N2O. The number of amides is 1. The van der Waals surface area contributed by atoms with Crippen molar-refractivity contribution in [3.63, 3.8) is 0 Å². The highest BCUT2D eigenvalue weighted by molar-refractivity contribution is 6.42. The van der Waals surface area contributed by atoms with Crippen molar-refractivity contribution in [3.8, 4) is 0 Å². The smallest absolute Gasteiger partial charge is 0.221 e. The van der Waals surface area contributed by atoms with E-state index in [1.165, 1.54) is 0 Å². The Labute approximate surface area is 123 Å². The second-order valence-electron chi connectivity index (χ2n) is 3.99. The van der Waals surface area contributed by atoms with E-state index in [1.807, 2.05) is 12.1 Å². The van der Waals surface area contributed by atoms with Crippen LogP contribution in [0.2, 0.25) is 10.0 Å². The molecular weight excluding hydrogens is 295 g/mol. The zero-order valence-electron chi connectivity index (χ0n) is 10.1. The number of nitrogens with one attached hydrogen (secondary N) is 1. The van der Waals surface area contributed by atoms with Gasteiger partial charge in [0.05, 0.1) is 10.0 Å². The summed E-state index contributed by atoms with van der Waals surface area (Å²) in [5.74, 6) is -0.0434. The lowest BCUT2D eigenvalue weighted by molar-refractivity contribution is -0.121. The average molecular weight is 312 g/mol. The van der Waals surface area contributed by atoms with Gasteiger partial charge >= 0.3 is 0 Å². The first-order valence-electron chi connectivity index (χ1n) is 5.46. The summed E-state index contributed by atoms with van der Waals surface area (Å²) in [7, 11) is 0. The molecule has 0 spiro atoms. The van der Waals surface area contributed by atoms with Crippen LogP contribution in [-0.2, 0) is 11.2 Å². The predicted molar refractivity (Wildman–Crippen MR) is 78.7 cm³/mol. The van der Waals surface area contributed by atoms with E-state index in [9.17, 15) is 4.79 Å². The maximum absolute atomic E-state index is 11.3. The van der Waals surface area contributed by atoms with E-state index in [0.717, 1.165) is 5.56 Å². The summed E-state index contributed by atoms with van der Waals surface area (Å²) in [5.41, 5.74) is 6.45. The maximum Gasteiger partial charge on any atom is 0.221 e. The minimum absolute atomic E-state index is 0. The van der Waals surface area contributed by atoms with Crippen LogP contribution in [0.1, 0.15) is 18.9 Å². The molecule has 0 aromatic heterocycles. The maximum atomic E-state index is 11.3. The number of nitrogens with two attached hydrogens (primary N) is 1. The molecule has 0 aliphatic rings. The second kappa shape index (κ2) is 8.59. The third kappa shape index (κ3) is 5.91. The van der Waals surface area contributed by atoms with E-state index >= 15 is 0 Å². The van der Waals surface area contributed by atoms with Gasteiger partial charge in [-0.1, -0.05) is 35.3 Å². The molecule has 102 valence electrons. The van der Waals surface area contributed by atoms with Crippen LogP contribution in [0.5, 0.6) is 0 Å². The van der Waals surface area contributed by atoms with E-state index < -0.39 is 0 Å². The van der Waals surface area contributed by atoms with Gasteiger partial charge in [0.25, 0.3) is 0 Å². The van der Waals surface area contributed by atoms with Gasteiger partial charge in [0, 0.05) is 19.0 Å². The van der Waals surface area contributed by atoms with Gasteiger partial charge < -0.3 is 11.1 Å². The van der Waals surface area contributed by atoms with Crippen molar-refractivity contribution in [2.45, 2.75) is 25.8 Å². The Kier molecular flexibility index (Phi) is 8.36. The number of halogens is 3. The van der Waals surface area contributed by atoms with Gasteiger partial charge in [-0.25, -0.2) is 0 Å². The van der Waals surface area contributed by atoms with Gasteiger partial charge in [-0.05, 0) is 25.0 Å². The van der Waals surface area contributed by atoms with Crippen LogP contribution >= 0.6 is 35.6 Å². The largest absolute Gasteiger partial charge is 0.356 e. The Bertz CT molecular complexity index is 397. The summed E-state index contributed by atoms with van der Waals surface area (Å²) in [5, 5.41) is 3.87. The van der Waals surface area contributed by atoms with Gasteiger partial charge in [-0.15, -0.1) is 12.4 Å². The first kappa shape index (κ1) is 17.5. The van der Waals surface area contributed by atoms with Crippen molar-refractivity contribution in [1.82, 2.24) is 5.32 Å². The highest BCUT2D eigenvalue weighted by Gasteiger charge is 2.06. The molecule has 1 atom stereocenters. The van der Waals surface area contributed by atoms with Gasteiger partial charge in [0.15, 0.2) is 0 Å². The third-order valence-electron chi connectivity index (χ3n) is 2.26. The van der Waals surface area contributed by atoms with Crippen molar-refractivity contribution < 1.29 is 4.79 Å². The minimum Gasteiger partial charge on any atom is -0.356 e. The van der Waals surface area contributed by atoms with Crippen LogP contribution in [0.4, 0.5) is 0 Å². The number of benzene rings is 1. The lowest BCUT2D eigenvalue weighted by atomic mass is 10.1. The molecule has 18 heavy (non-hydrogen) atoms. The Hall–Kier alpha value is -0.480. The minimum atomic E-state index is -0.121. The number of carbonyl (C=O) groups excluding carboxylic acids is 1. The molecule has 1 aromatic rings. The molecule has 6 heteroatoms. The van der Waals surface area contributed by atoms with Gasteiger partial charge in [-0.2, -0.15) is 0 Å². The predicted octanol–water partition coefficient (Wildman–Crippen LogP) is 2.81. The fraction of sp³-hybridized carbons (Fsp3) is 0.417. The molecule has 0 saturated heterocycles. The summed E-state index contributed by atoms with van der Waals surface area (Å²) in [6.07, 6.45) is 0.993. The molecule has 0 radical (unpaired) electrons. The Balaban J connectivity index is 0.00000289. The quantitative estimate of drug-likeness (QED) is 0.878. The lowest BCUT2D eigenvalue weighted by Crippen LogP contribution is -2.31. The summed E-state index contributed by atoms with van der Waals surface area (Å²) in [4.78, 5) is 11.3. The molecule has 3 N–H and O–H groups in total. The standard InChI is InChI=1S/C12H16Cl2N2O.ClH/c1-8(15)7-11(17)16-6-5-9-3-2-4-10(13)12(9)14;/h2-4,8H,5-7,15H2,1H3,(H,16,17);1H. The number of rotatable bonds is 5. The Morgan fingerprint density at radius 1 is 1.44 bits per heavy atom. The van der Waals surface area contributed by atoms with Crippen molar-refractivity contribution in [1.29, 1.82) is 0 Å². The van der Waals surface area contributed by atoms with Crippen molar-refractivity contribution in [3.05, 3.63) is 33.8 Å². The number of hydrogen-bond donors (Lipinski definition) is 2. The zero-order chi connectivity index (χ0) is 12.8. The van der Waals surface area contributed by atoms with Crippen LogP contribution in [0.3, 0.4) is 0 Å². The van der Waals surface area contributed by atoms with Crippen LogP contribution < -0.4 is 11.1 Å². The molecule has 0 heterocycles. The number of carbonyl (C=O) groups is 1. The van der Waals surface area contributed by atoms with E-state index in [0.29, 0.717) is 29.4 Å². The van der Waals surface area contributed by atoms with E-state index in [1.54, 1.807) is 13.0 Å². The summed E-state index contributed by atoms with van der Waals surface area (Å²) in [6, 6.07) is 5.35. The molecule has 1 rings (SSSR count). The van der Waals surface area contributed by atoms with Crippen LogP contribution in [-0.4, -0.2) is 18.5 Å². The second-order valence-corrected chi connectivity index (χ2v) is 4.78. The molecule has 0 bridgehead atoms. The van der Waals surface area contributed by atoms with Crippen LogP contribution in [0, 0.1) is 0 Å². The summed E-state index contributed by atoms with van der Waals surface area (Å²) in [6.45, 7) is 2.33. The first-order valence-corrected chi connectivity index (χ1v) is 6.21. The van der Waals surface area contributed by atoms with Crippen molar-refractivity contribution >= 4 is 41.5 Å². The van der Waals surface area contributed by atoms with Crippen molar-refractivity contribution in [2.75, 3.05) is 6.54 Å². The van der Waals surface area contributed by atoms with Crippen molar-refractivity contribution in [2.24, 2.45) is 5.73 Å². The third-order valence-corrected chi connectivity index (χ3v) is 3.11. The summed E-state index contributed by atoms with van der Waals surface area (Å²) < 4.78 is 0. The van der Waals surface area contributed by atoms with E-state index in [4.69, 9.17) is 28.9 Å². The fourth-order valence-electron chi connectivity index (χ4n) is 1.44. The van der Waals surface area contributed by atoms with Gasteiger partial charge in [0.1, 0.15) is 0 Å². The average Bonchev–Trinajstić information content (AvgIpc) is 2.23. The highest BCUT2D eigenvalue weighted by Crippen LogP contribution is 2.25. The lowest BCUT2D eigenvalue weighted by Gasteiger charge is -2.08. The summed E-state index contributed by atoms with van der Waals surface area (Å²) >= 11 is 11.9. The molecule has 0 aliphatic carbocycles. The fourth-order valence-corrected chi connectivity index (χ4v) is 1.86. The molecule has 0 fully saturated rings. The van der Waals surface area contributed by atoms with Crippen LogP contribution in [0.25, 0.3) is 0 Å². The highest BCUT2D eigenvalue weighted by atomic mass is 35.5. The SMILES string of the molecule is CC(N)CC(=O)NCCc1cccc(Cl)c1Cl.Cl. The molecule has 0 aliphatic heterocycles. The normalized spacial score (nSPS) is 11.6. The van der Waals surface area contributed by atoms with E-state index in [-0.39, 0.29) is 24.4 Å².